The van der Waals surface area contributed by atoms with Gasteiger partial charge in [-0.2, -0.15) is 0 Å². The van der Waals surface area contributed by atoms with Crippen molar-refractivity contribution in [3.63, 3.8) is 0 Å². The predicted octanol–water partition coefficient (Wildman–Crippen LogP) is 9.78. The first-order valence-electron chi connectivity index (χ1n) is 13.4. The molecular weight excluding hydrogens is 472 g/mol. The molecule has 0 atom stereocenters. The maximum atomic E-state index is 4.80. The van der Waals surface area contributed by atoms with Gasteiger partial charge in [-0.3, -0.25) is 4.40 Å². The Bertz CT molecular complexity index is 2240. The molecule has 0 saturated heterocycles. The summed E-state index contributed by atoms with van der Waals surface area (Å²) in [7, 11) is 0. The number of hydrogen-bond acceptors (Lipinski definition) is 1. The maximum absolute atomic E-state index is 4.80. The van der Waals surface area contributed by atoms with Crippen molar-refractivity contribution >= 4 is 38.4 Å². The maximum Gasteiger partial charge on any atom is 0.138 e. The van der Waals surface area contributed by atoms with Crippen molar-refractivity contribution in [3.8, 4) is 44.5 Å². The summed E-state index contributed by atoms with van der Waals surface area (Å²) in [5.74, 6) is 0. The van der Waals surface area contributed by atoms with Crippen LogP contribution in [0.5, 0.6) is 0 Å². The number of hydrogen-bond donors (Lipinski definition) is 0. The van der Waals surface area contributed by atoms with Crippen molar-refractivity contribution in [2.24, 2.45) is 0 Å². The van der Waals surface area contributed by atoms with E-state index >= 15 is 0 Å². The minimum Gasteiger partial charge on any atom is -0.292 e. The molecule has 1 aliphatic carbocycles. The number of fused-ring (bicyclic) bond motifs is 8. The molecule has 2 heteroatoms. The van der Waals surface area contributed by atoms with Gasteiger partial charge in [-0.05, 0) is 97.1 Å². The molecule has 0 aliphatic heterocycles. The summed E-state index contributed by atoms with van der Waals surface area (Å²) in [6, 6.07) is 48.4. The molecule has 2 aromatic heterocycles. The van der Waals surface area contributed by atoms with Crippen LogP contribution in [0.4, 0.5) is 0 Å². The second-order valence-corrected chi connectivity index (χ2v) is 10.4. The molecule has 2 heterocycles. The van der Waals surface area contributed by atoms with Crippen LogP contribution in [-0.4, -0.2) is 9.38 Å². The third-order valence-electron chi connectivity index (χ3n) is 8.34. The number of benzene rings is 6. The lowest BCUT2D eigenvalue weighted by molar-refractivity contribution is 1.30. The van der Waals surface area contributed by atoms with Crippen LogP contribution in [0, 0.1) is 0 Å². The third kappa shape index (κ3) is 2.89. The molecule has 0 unspecified atom stereocenters. The van der Waals surface area contributed by atoms with Gasteiger partial charge in [0.1, 0.15) is 5.65 Å². The van der Waals surface area contributed by atoms with Gasteiger partial charge in [0.2, 0.25) is 0 Å². The Morgan fingerprint density at radius 1 is 0.436 bits per heavy atom. The van der Waals surface area contributed by atoms with Gasteiger partial charge in [-0.25, -0.2) is 4.98 Å². The summed E-state index contributed by atoms with van der Waals surface area (Å²) in [5, 5.41) is 3.89. The lowest BCUT2D eigenvalue weighted by atomic mass is 9.93. The number of nitrogens with zero attached hydrogens (tertiary/aromatic N) is 2. The highest BCUT2D eigenvalue weighted by Crippen LogP contribution is 2.49. The highest BCUT2D eigenvalue weighted by molar-refractivity contribution is 6.18. The van der Waals surface area contributed by atoms with Crippen molar-refractivity contribution in [2.75, 3.05) is 0 Å². The van der Waals surface area contributed by atoms with Crippen molar-refractivity contribution in [1.82, 2.24) is 9.38 Å². The zero-order chi connectivity index (χ0) is 25.5. The Hall–Kier alpha value is -5.21. The lowest BCUT2D eigenvalue weighted by Gasteiger charge is -2.11. The Balaban J connectivity index is 1.14. The number of rotatable bonds is 2. The van der Waals surface area contributed by atoms with Gasteiger partial charge in [-0.1, -0.05) is 97.1 Å². The van der Waals surface area contributed by atoms with Crippen molar-refractivity contribution in [1.29, 1.82) is 0 Å². The van der Waals surface area contributed by atoms with E-state index in [4.69, 9.17) is 4.98 Å². The Labute approximate surface area is 225 Å². The smallest absolute Gasteiger partial charge is 0.138 e. The Morgan fingerprint density at radius 3 is 2.00 bits per heavy atom. The minimum atomic E-state index is 0.981. The molecular formula is C37H22N2. The average Bonchev–Trinajstić information content (AvgIpc) is 3.55. The van der Waals surface area contributed by atoms with Crippen LogP contribution >= 0.6 is 0 Å². The van der Waals surface area contributed by atoms with Crippen LogP contribution in [0.2, 0.25) is 0 Å². The van der Waals surface area contributed by atoms with Gasteiger partial charge in [0.05, 0.1) is 16.6 Å². The molecule has 0 bridgehead atoms. The third-order valence-corrected chi connectivity index (χ3v) is 8.34. The normalized spacial score (nSPS) is 12.1. The zero-order valence-corrected chi connectivity index (χ0v) is 21.1. The lowest BCUT2D eigenvalue weighted by Crippen LogP contribution is -1.89. The number of imidazole rings is 1. The number of para-hydroxylation sites is 2. The highest BCUT2D eigenvalue weighted by atomic mass is 15.0. The number of aromatic nitrogens is 2. The molecule has 9 rings (SSSR count). The first kappa shape index (κ1) is 20.8. The summed E-state index contributed by atoms with van der Waals surface area (Å²) < 4.78 is 2.26. The SMILES string of the molecule is c1ccc2c(c1)-c1cccc3c(-c4ccc(-c5ccc6c(ccc7nc8ccccc8n76)c5)cc4)ccc-2c13. The van der Waals surface area contributed by atoms with E-state index < -0.39 is 0 Å². The van der Waals surface area contributed by atoms with E-state index in [1.54, 1.807) is 0 Å². The molecule has 2 nitrogen and oxygen atoms in total. The molecule has 0 radical (unpaired) electrons. The van der Waals surface area contributed by atoms with Gasteiger partial charge in [0.25, 0.3) is 0 Å². The first-order valence-corrected chi connectivity index (χ1v) is 13.4. The van der Waals surface area contributed by atoms with Crippen molar-refractivity contribution in [2.45, 2.75) is 0 Å². The average molecular weight is 495 g/mol. The van der Waals surface area contributed by atoms with Crippen LogP contribution in [0.1, 0.15) is 0 Å². The molecule has 6 aromatic carbocycles. The Morgan fingerprint density at radius 2 is 1.13 bits per heavy atom. The van der Waals surface area contributed by atoms with Crippen LogP contribution in [0.15, 0.2) is 133 Å². The van der Waals surface area contributed by atoms with Gasteiger partial charge in [-0.15, -0.1) is 0 Å². The molecule has 0 amide bonds. The van der Waals surface area contributed by atoms with Crippen molar-refractivity contribution in [3.05, 3.63) is 133 Å². The van der Waals surface area contributed by atoms with E-state index in [0.717, 1.165) is 16.7 Å². The number of pyridine rings is 1. The molecule has 0 saturated carbocycles. The summed E-state index contributed by atoms with van der Waals surface area (Å²) in [4.78, 5) is 4.80. The summed E-state index contributed by atoms with van der Waals surface area (Å²) in [6.45, 7) is 0. The fourth-order valence-electron chi connectivity index (χ4n) is 6.55. The van der Waals surface area contributed by atoms with E-state index in [1.165, 1.54) is 66.2 Å². The van der Waals surface area contributed by atoms with E-state index in [-0.39, 0.29) is 0 Å². The Kier molecular flexibility index (Phi) is 4.08. The van der Waals surface area contributed by atoms with E-state index in [0.29, 0.717) is 0 Å². The molecule has 0 fully saturated rings. The largest absolute Gasteiger partial charge is 0.292 e. The fourth-order valence-corrected chi connectivity index (χ4v) is 6.55. The van der Waals surface area contributed by atoms with E-state index in [9.17, 15) is 0 Å². The van der Waals surface area contributed by atoms with Crippen LogP contribution < -0.4 is 0 Å². The molecule has 39 heavy (non-hydrogen) atoms. The monoisotopic (exact) mass is 494 g/mol. The van der Waals surface area contributed by atoms with Gasteiger partial charge in [0.15, 0.2) is 0 Å². The van der Waals surface area contributed by atoms with Gasteiger partial charge >= 0.3 is 0 Å². The molecule has 1 aliphatic rings. The molecule has 0 spiro atoms. The quantitative estimate of drug-likeness (QED) is 0.234. The van der Waals surface area contributed by atoms with E-state index in [1.807, 2.05) is 6.07 Å². The van der Waals surface area contributed by atoms with Crippen LogP contribution in [-0.2, 0) is 0 Å². The molecule has 0 N–H and O–H groups in total. The summed E-state index contributed by atoms with van der Waals surface area (Å²) in [5.41, 5.74) is 14.6. The van der Waals surface area contributed by atoms with Crippen molar-refractivity contribution < 1.29 is 0 Å². The summed E-state index contributed by atoms with van der Waals surface area (Å²) >= 11 is 0. The highest BCUT2D eigenvalue weighted by Gasteiger charge is 2.22. The van der Waals surface area contributed by atoms with Crippen LogP contribution in [0.25, 0.3) is 82.9 Å². The van der Waals surface area contributed by atoms with Crippen LogP contribution in [0.3, 0.4) is 0 Å². The fraction of sp³-hybridized carbons (Fsp3) is 0. The van der Waals surface area contributed by atoms with E-state index in [2.05, 4.69) is 132 Å². The predicted molar refractivity (Wildman–Crippen MR) is 163 cm³/mol. The topological polar surface area (TPSA) is 17.3 Å². The zero-order valence-electron chi connectivity index (χ0n) is 21.1. The first-order chi connectivity index (χ1) is 19.3. The van der Waals surface area contributed by atoms with Gasteiger partial charge < -0.3 is 0 Å². The minimum absolute atomic E-state index is 0.981. The molecule has 8 aromatic rings. The summed E-state index contributed by atoms with van der Waals surface area (Å²) in [6.07, 6.45) is 0. The second-order valence-electron chi connectivity index (χ2n) is 10.4. The standard InChI is InChI=1S/C37H22N2/c1-2-7-29-28(6-1)31-9-5-8-30-27(18-19-32(29)37(30)31)24-14-12-23(13-15-24)25-16-20-34-26(22-25)17-21-36-38-33-10-3-4-11-35(33)39(34)36/h1-22H. The second kappa shape index (κ2) is 7.66. The van der Waals surface area contributed by atoms with Gasteiger partial charge in [0, 0.05) is 0 Å². The molecule has 180 valence electrons.